The van der Waals surface area contributed by atoms with Crippen molar-refractivity contribution in [3.8, 4) is 0 Å². The zero-order valence-corrected chi connectivity index (χ0v) is 5.74. The number of carbonyl (C=O) groups is 1. The average Bonchev–Trinajstić information content (AvgIpc) is 1.82. The second kappa shape index (κ2) is 2.52. The Morgan fingerprint density at radius 1 is 1.60 bits per heavy atom. The summed E-state index contributed by atoms with van der Waals surface area (Å²) in [5, 5.41) is 18.1. The molecule has 0 aliphatic heterocycles. The third kappa shape index (κ3) is 1.25. The fraction of sp³-hybridized carbons (Fsp3) is 0.571. The van der Waals surface area contributed by atoms with Gasteiger partial charge in [-0.2, -0.15) is 0 Å². The Kier molecular flexibility index (Phi) is 1.87. The number of allylic oxidation sites excluding steroid dienone is 1. The van der Waals surface area contributed by atoms with Crippen molar-refractivity contribution in [2.24, 2.45) is 0 Å². The summed E-state index contributed by atoms with van der Waals surface area (Å²) in [6, 6.07) is 0. The van der Waals surface area contributed by atoms with Crippen LogP contribution in [0.5, 0.6) is 0 Å². The van der Waals surface area contributed by atoms with E-state index in [-0.39, 0.29) is 12.2 Å². The van der Waals surface area contributed by atoms with E-state index in [2.05, 4.69) is 0 Å². The molecule has 0 heterocycles. The first-order chi connectivity index (χ1) is 4.61. The second-order valence-corrected chi connectivity index (χ2v) is 2.57. The number of carbonyl (C=O) groups excluding carboxylic acids is 1. The lowest BCUT2D eigenvalue weighted by Crippen LogP contribution is -2.32. The van der Waals surface area contributed by atoms with Gasteiger partial charge in [0.2, 0.25) is 0 Å². The standard InChI is InChI=1S/C7H10O3/c1-4-2-5(8)3-6(9)7(4)10/h2,6-7,9-10H,3H2,1H3. The minimum Gasteiger partial charge on any atom is -0.390 e. The Hall–Kier alpha value is -0.670. The van der Waals surface area contributed by atoms with Crippen LogP contribution in [0.15, 0.2) is 11.6 Å². The number of aliphatic hydroxyl groups is 2. The molecule has 56 valence electrons. The van der Waals surface area contributed by atoms with Gasteiger partial charge in [-0.25, -0.2) is 0 Å². The first-order valence-electron chi connectivity index (χ1n) is 3.18. The summed E-state index contributed by atoms with van der Waals surface area (Å²) in [5.74, 6) is -0.115. The van der Waals surface area contributed by atoms with Crippen LogP contribution in [0.1, 0.15) is 13.3 Å². The molecule has 0 saturated carbocycles. The van der Waals surface area contributed by atoms with E-state index in [9.17, 15) is 4.79 Å². The average molecular weight is 142 g/mol. The van der Waals surface area contributed by atoms with Crippen LogP contribution in [-0.4, -0.2) is 28.2 Å². The number of ketones is 1. The Morgan fingerprint density at radius 3 is 2.70 bits per heavy atom. The smallest absolute Gasteiger partial charge is 0.158 e. The summed E-state index contributed by atoms with van der Waals surface area (Å²) in [6.07, 6.45) is -0.342. The van der Waals surface area contributed by atoms with Crippen molar-refractivity contribution in [3.63, 3.8) is 0 Å². The van der Waals surface area contributed by atoms with Gasteiger partial charge in [-0.1, -0.05) is 0 Å². The number of rotatable bonds is 0. The van der Waals surface area contributed by atoms with Crippen molar-refractivity contribution in [3.05, 3.63) is 11.6 Å². The number of hydrogen-bond donors (Lipinski definition) is 2. The largest absolute Gasteiger partial charge is 0.390 e. The van der Waals surface area contributed by atoms with Gasteiger partial charge in [-0.05, 0) is 18.6 Å². The topological polar surface area (TPSA) is 57.5 Å². The molecule has 0 radical (unpaired) electrons. The SMILES string of the molecule is CC1=CC(=O)CC(O)C1O. The number of aliphatic hydroxyl groups excluding tert-OH is 2. The molecule has 0 aromatic carbocycles. The van der Waals surface area contributed by atoms with E-state index in [4.69, 9.17) is 10.2 Å². The number of hydrogen-bond acceptors (Lipinski definition) is 3. The maximum absolute atomic E-state index is 10.7. The summed E-state index contributed by atoms with van der Waals surface area (Å²) in [6.45, 7) is 1.63. The Bertz CT molecular complexity index is 183. The molecule has 1 aliphatic rings. The van der Waals surface area contributed by atoms with Crippen molar-refractivity contribution < 1.29 is 15.0 Å². The molecule has 0 spiro atoms. The molecule has 3 heteroatoms. The van der Waals surface area contributed by atoms with E-state index < -0.39 is 12.2 Å². The van der Waals surface area contributed by atoms with Crippen LogP contribution >= 0.6 is 0 Å². The predicted molar refractivity (Wildman–Crippen MR) is 35.4 cm³/mol. The van der Waals surface area contributed by atoms with Crippen LogP contribution in [0, 0.1) is 0 Å². The van der Waals surface area contributed by atoms with Crippen LogP contribution in [-0.2, 0) is 4.79 Å². The molecule has 0 saturated heterocycles. The fourth-order valence-electron chi connectivity index (χ4n) is 1.02. The van der Waals surface area contributed by atoms with Gasteiger partial charge < -0.3 is 10.2 Å². The first kappa shape index (κ1) is 7.44. The normalized spacial score (nSPS) is 33.9. The van der Waals surface area contributed by atoms with Crippen LogP contribution in [0.25, 0.3) is 0 Å². The van der Waals surface area contributed by atoms with Crippen molar-refractivity contribution in [1.82, 2.24) is 0 Å². The second-order valence-electron chi connectivity index (χ2n) is 2.57. The van der Waals surface area contributed by atoms with Crippen LogP contribution in [0.2, 0.25) is 0 Å². The molecule has 3 nitrogen and oxygen atoms in total. The quantitative estimate of drug-likeness (QED) is 0.485. The summed E-state index contributed by atoms with van der Waals surface area (Å²) < 4.78 is 0. The minimum atomic E-state index is -0.905. The van der Waals surface area contributed by atoms with Crippen molar-refractivity contribution in [2.75, 3.05) is 0 Å². The molecule has 2 unspecified atom stereocenters. The lowest BCUT2D eigenvalue weighted by molar-refractivity contribution is -0.119. The van der Waals surface area contributed by atoms with Gasteiger partial charge in [0.1, 0.15) is 6.10 Å². The van der Waals surface area contributed by atoms with Gasteiger partial charge in [-0.15, -0.1) is 0 Å². The molecule has 10 heavy (non-hydrogen) atoms. The van der Waals surface area contributed by atoms with Crippen molar-refractivity contribution >= 4 is 5.78 Å². The summed E-state index contributed by atoms with van der Waals surface area (Å²) in [7, 11) is 0. The first-order valence-corrected chi connectivity index (χ1v) is 3.18. The van der Waals surface area contributed by atoms with E-state index in [0.29, 0.717) is 5.57 Å². The Labute approximate surface area is 59.0 Å². The van der Waals surface area contributed by atoms with Gasteiger partial charge in [0.25, 0.3) is 0 Å². The molecular weight excluding hydrogens is 132 g/mol. The Balaban J connectivity index is 2.80. The van der Waals surface area contributed by atoms with E-state index >= 15 is 0 Å². The minimum absolute atomic E-state index is 0.0402. The summed E-state index contributed by atoms with van der Waals surface area (Å²) in [4.78, 5) is 10.7. The third-order valence-corrected chi connectivity index (χ3v) is 1.63. The van der Waals surface area contributed by atoms with Crippen LogP contribution in [0.3, 0.4) is 0 Å². The molecule has 1 aliphatic carbocycles. The van der Waals surface area contributed by atoms with Gasteiger partial charge in [0.15, 0.2) is 5.78 Å². The maximum atomic E-state index is 10.7. The van der Waals surface area contributed by atoms with Gasteiger partial charge in [0.05, 0.1) is 6.10 Å². The lowest BCUT2D eigenvalue weighted by Gasteiger charge is -2.21. The molecular formula is C7H10O3. The van der Waals surface area contributed by atoms with E-state index in [1.54, 1.807) is 6.92 Å². The zero-order chi connectivity index (χ0) is 7.72. The molecule has 1 rings (SSSR count). The maximum Gasteiger partial charge on any atom is 0.158 e. The highest BCUT2D eigenvalue weighted by molar-refractivity contribution is 5.91. The van der Waals surface area contributed by atoms with Crippen molar-refractivity contribution in [1.29, 1.82) is 0 Å². The van der Waals surface area contributed by atoms with Gasteiger partial charge in [0, 0.05) is 6.42 Å². The monoisotopic (exact) mass is 142 g/mol. The molecule has 2 N–H and O–H groups in total. The highest BCUT2D eigenvalue weighted by Crippen LogP contribution is 2.15. The van der Waals surface area contributed by atoms with E-state index in [1.807, 2.05) is 0 Å². The van der Waals surface area contributed by atoms with Gasteiger partial charge >= 0.3 is 0 Å². The molecule has 2 atom stereocenters. The molecule has 0 aromatic rings. The molecule has 0 amide bonds. The molecule has 0 aromatic heterocycles. The fourth-order valence-corrected chi connectivity index (χ4v) is 1.02. The summed E-state index contributed by atoms with van der Waals surface area (Å²) >= 11 is 0. The van der Waals surface area contributed by atoms with Crippen LogP contribution in [0.4, 0.5) is 0 Å². The van der Waals surface area contributed by atoms with E-state index in [1.165, 1.54) is 6.08 Å². The van der Waals surface area contributed by atoms with Crippen LogP contribution < -0.4 is 0 Å². The lowest BCUT2D eigenvalue weighted by atomic mass is 9.94. The highest BCUT2D eigenvalue weighted by atomic mass is 16.3. The molecule has 0 fully saturated rings. The van der Waals surface area contributed by atoms with E-state index in [0.717, 1.165) is 0 Å². The zero-order valence-electron chi connectivity index (χ0n) is 5.74. The third-order valence-electron chi connectivity index (χ3n) is 1.63. The Morgan fingerprint density at radius 2 is 2.20 bits per heavy atom. The molecule has 0 bridgehead atoms. The van der Waals surface area contributed by atoms with Crippen molar-refractivity contribution in [2.45, 2.75) is 25.6 Å². The highest BCUT2D eigenvalue weighted by Gasteiger charge is 2.24. The predicted octanol–water partition coefficient (Wildman–Crippen LogP) is -0.373. The summed E-state index contributed by atoms with van der Waals surface area (Å²) in [5.41, 5.74) is 0.545. The van der Waals surface area contributed by atoms with Gasteiger partial charge in [-0.3, -0.25) is 4.79 Å².